The highest BCUT2D eigenvalue weighted by Crippen LogP contribution is 2.27. The van der Waals surface area contributed by atoms with Gasteiger partial charge in [-0.2, -0.15) is 0 Å². The maximum absolute atomic E-state index is 10.3. The summed E-state index contributed by atoms with van der Waals surface area (Å²) in [6.07, 6.45) is 0. The number of aromatic nitrogens is 2. The molecular formula is C6H3N3O2S2. The first-order valence-electron chi connectivity index (χ1n) is 3.31. The smallest absolute Gasteiger partial charge is 0.250 e. The van der Waals surface area contributed by atoms with Gasteiger partial charge in [-0.05, 0) is 23.7 Å². The fourth-order valence-electron chi connectivity index (χ4n) is 0.934. The van der Waals surface area contributed by atoms with E-state index < -0.39 is 4.33 Å². The first-order chi connectivity index (χ1) is 6.27. The highest BCUT2D eigenvalue weighted by atomic mass is 32.2. The fraction of sp³-hybridized carbons (Fsp3) is 0. The molecule has 66 valence electrons. The average molecular weight is 213 g/mol. The van der Waals surface area contributed by atoms with Crippen molar-refractivity contribution in [3.8, 4) is 0 Å². The number of hydrogen-bond donors (Lipinski definition) is 0. The maximum atomic E-state index is 10.3. The first kappa shape index (κ1) is 8.39. The quantitative estimate of drug-likeness (QED) is 0.433. The van der Waals surface area contributed by atoms with E-state index in [-0.39, 0.29) is 0 Å². The number of fused-ring (bicyclic) bond motifs is 1. The Hall–Kier alpha value is -1.21. The lowest BCUT2D eigenvalue weighted by atomic mass is 10.3. The second kappa shape index (κ2) is 3.27. The van der Waals surface area contributed by atoms with E-state index in [1.54, 1.807) is 12.1 Å². The Kier molecular flexibility index (Phi) is 2.11. The molecule has 0 fully saturated rings. The molecule has 2 aromatic rings. The van der Waals surface area contributed by atoms with E-state index in [1.807, 2.05) is 6.07 Å². The Bertz CT molecular complexity index is 456. The molecule has 2 rings (SSSR count). The van der Waals surface area contributed by atoms with Crippen LogP contribution in [0.5, 0.6) is 0 Å². The number of nitro groups is 1. The van der Waals surface area contributed by atoms with Gasteiger partial charge in [-0.25, -0.2) is 0 Å². The van der Waals surface area contributed by atoms with Crippen LogP contribution in [0, 0.1) is 10.1 Å². The van der Waals surface area contributed by atoms with Gasteiger partial charge in [0.2, 0.25) is 0 Å². The second-order valence-electron chi connectivity index (χ2n) is 2.19. The molecule has 0 aliphatic heterocycles. The zero-order valence-corrected chi connectivity index (χ0v) is 7.84. The van der Waals surface area contributed by atoms with Gasteiger partial charge in [-0.15, -0.1) is 5.10 Å². The monoisotopic (exact) mass is 213 g/mol. The van der Waals surface area contributed by atoms with Crippen LogP contribution >= 0.6 is 23.5 Å². The molecule has 0 saturated carbocycles. The lowest BCUT2D eigenvalue weighted by Crippen LogP contribution is -1.84. The van der Waals surface area contributed by atoms with Crippen molar-refractivity contribution >= 4 is 33.7 Å². The van der Waals surface area contributed by atoms with Crippen LogP contribution in [0.2, 0.25) is 0 Å². The fourth-order valence-corrected chi connectivity index (χ4v) is 2.12. The van der Waals surface area contributed by atoms with Gasteiger partial charge >= 0.3 is 0 Å². The zero-order valence-electron chi connectivity index (χ0n) is 6.21. The summed E-state index contributed by atoms with van der Waals surface area (Å²) in [6, 6.07) is 5.26. The predicted molar refractivity (Wildman–Crippen MR) is 50.3 cm³/mol. The Morgan fingerprint density at radius 3 is 3.15 bits per heavy atom. The topological polar surface area (TPSA) is 68.9 Å². The number of hydrogen-bond acceptors (Lipinski definition) is 6. The molecule has 0 aliphatic carbocycles. The van der Waals surface area contributed by atoms with Gasteiger partial charge in [0.25, 0.3) is 11.9 Å². The molecule has 1 aromatic heterocycles. The molecule has 0 N–H and O–H groups in total. The molecule has 0 amide bonds. The van der Waals surface area contributed by atoms with Crippen molar-refractivity contribution in [1.82, 2.24) is 9.59 Å². The maximum Gasteiger partial charge on any atom is 0.268 e. The predicted octanol–water partition coefficient (Wildman–Crippen LogP) is 1.98. The minimum atomic E-state index is -0.450. The molecule has 0 aliphatic rings. The second-order valence-corrected chi connectivity index (χ2v) is 3.90. The Morgan fingerprint density at radius 2 is 2.38 bits per heavy atom. The van der Waals surface area contributed by atoms with E-state index in [0.29, 0.717) is 22.4 Å². The highest BCUT2D eigenvalue weighted by molar-refractivity contribution is 7.93. The van der Waals surface area contributed by atoms with Crippen LogP contribution in [0.1, 0.15) is 0 Å². The SMILES string of the molecule is O=[N+]([O-])Sc1cccc2snnc12. The molecule has 1 heterocycles. The summed E-state index contributed by atoms with van der Waals surface area (Å²) >= 11 is 1.79. The standard InChI is InChI=1S/C6H3N3O2S2/c10-9(11)13-5-3-1-2-4-6(5)7-8-12-4/h1-3H. The van der Waals surface area contributed by atoms with Gasteiger partial charge in [0.05, 0.1) is 4.70 Å². The normalized spacial score (nSPS) is 10.5. The van der Waals surface area contributed by atoms with Crippen LogP contribution in [-0.2, 0) is 0 Å². The summed E-state index contributed by atoms with van der Waals surface area (Å²) < 4.78 is 4.14. The van der Waals surface area contributed by atoms with Gasteiger partial charge in [0.1, 0.15) is 14.7 Å². The van der Waals surface area contributed by atoms with Crippen molar-refractivity contribution in [2.24, 2.45) is 0 Å². The van der Waals surface area contributed by atoms with E-state index in [0.717, 1.165) is 4.70 Å². The molecule has 1 aromatic carbocycles. The molecule has 0 saturated heterocycles. The molecule has 0 unspecified atom stereocenters. The van der Waals surface area contributed by atoms with Crippen LogP contribution in [0.25, 0.3) is 10.2 Å². The molecule has 0 radical (unpaired) electrons. The number of nitrogens with zero attached hydrogens (tertiary/aromatic N) is 3. The number of benzene rings is 1. The summed E-state index contributed by atoms with van der Waals surface area (Å²) in [5.74, 6) is 0. The largest absolute Gasteiger partial charge is 0.268 e. The molecule has 0 bridgehead atoms. The van der Waals surface area contributed by atoms with E-state index in [9.17, 15) is 10.1 Å². The van der Waals surface area contributed by atoms with Crippen molar-refractivity contribution in [3.05, 3.63) is 28.3 Å². The van der Waals surface area contributed by atoms with Gasteiger partial charge in [0.15, 0.2) is 0 Å². The first-order valence-corrected chi connectivity index (χ1v) is 4.85. The molecule has 0 spiro atoms. The number of rotatable bonds is 2. The molecule has 13 heavy (non-hydrogen) atoms. The minimum Gasteiger partial charge on any atom is -0.250 e. The van der Waals surface area contributed by atoms with E-state index in [1.165, 1.54) is 11.5 Å². The van der Waals surface area contributed by atoms with Crippen molar-refractivity contribution in [3.63, 3.8) is 0 Å². The third kappa shape index (κ3) is 1.61. The van der Waals surface area contributed by atoms with Crippen LogP contribution in [0.3, 0.4) is 0 Å². The Labute approximate surface area is 81.2 Å². The molecule has 7 heteroatoms. The van der Waals surface area contributed by atoms with Gasteiger partial charge in [0, 0.05) is 0 Å². The summed E-state index contributed by atoms with van der Waals surface area (Å²) in [5, 5.41) is 14.1. The average Bonchev–Trinajstić information content (AvgIpc) is 2.51. The van der Waals surface area contributed by atoms with Crippen LogP contribution in [0.15, 0.2) is 23.1 Å². The summed E-state index contributed by atoms with van der Waals surface area (Å²) in [6.45, 7) is 0. The van der Waals surface area contributed by atoms with E-state index >= 15 is 0 Å². The van der Waals surface area contributed by atoms with Crippen LogP contribution < -0.4 is 0 Å². The summed E-state index contributed by atoms with van der Waals surface area (Å²) in [4.78, 5) is 10.8. The van der Waals surface area contributed by atoms with Gasteiger partial charge < -0.3 is 0 Å². The Morgan fingerprint density at radius 1 is 1.54 bits per heavy atom. The van der Waals surface area contributed by atoms with Gasteiger partial charge in [-0.3, -0.25) is 10.1 Å². The van der Waals surface area contributed by atoms with E-state index in [2.05, 4.69) is 9.59 Å². The molecule has 5 nitrogen and oxygen atoms in total. The van der Waals surface area contributed by atoms with Crippen LogP contribution in [-0.4, -0.2) is 13.9 Å². The molecular weight excluding hydrogens is 210 g/mol. The third-order valence-electron chi connectivity index (χ3n) is 1.41. The lowest BCUT2D eigenvalue weighted by molar-refractivity contribution is -0.284. The third-order valence-corrected chi connectivity index (χ3v) is 2.78. The van der Waals surface area contributed by atoms with Crippen molar-refractivity contribution < 1.29 is 4.33 Å². The van der Waals surface area contributed by atoms with Crippen molar-refractivity contribution in [2.75, 3.05) is 0 Å². The summed E-state index contributed by atoms with van der Waals surface area (Å²) in [7, 11) is 0. The highest BCUT2D eigenvalue weighted by Gasteiger charge is 2.11. The molecule has 0 atom stereocenters. The summed E-state index contributed by atoms with van der Waals surface area (Å²) in [5.41, 5.74) is 0.606. The van der Waals surface area contributed by atoms with Crippen molar-refractivity contribution in [2.45, 2.75) is 4.90 Å². The zero-order chi connectivity index (χ0) is 9.26. The van der Waals surface area contributed by atoms with Crippen molar-refractivity contribution in [1.29, 1.82) is 0 Å². The van der Waals surface area contributed by atoms with E-state index in [4.69, 9.17) is 0 Å². The van der Waals surface area contributed by atoms with Gasteiger partial charge in [-0.1, -0.05) is 10.6 Å². The minimum absolute atomic E-state index is 0.450. The van der Waals surface area contributed by atoms with Crippen LogP contribution in [0.4, 0.5) is 0 Å². The Balaban J connectivity index is 2.54. The lowest BCUT2D eigenvalue weighted by Gasteiger charge is -1.90.